The summed E-state index contributed by atoms with van der Waals surface area (Å²) in [5.41, 5.74) is 2.64. The van der Waals surface area contributed by atoms with Crippen LogP contribution in [0.15, 0.2) is 60.7 Å². The van der Waals surface area contributed by atoms with Crippen molar-refractivity contribution in [2.24, 2.45) is 0 Å². The largest absolute Gasteiger partial charge is 0.291 e. The van der Waals surface area contributed by atoms with Gasteiger partial charge >= 0.3 is 0 Å². The lowest BCUT2D eigenvalue weighted by Gasteiger charge is -2.43. The summed E-state index contributed by atoms with van der Waals surface area (Å²) < 4.78 is 0. The van der Waals surface area contributed by atoms with Gasteiger partial charge in [0.1, 0.15) is 0 Å². The Bertz CT molecular complexity index is 666. The second kappa shape index (κ2) is 5.69. The third kappa shape index (κ3) is 2.40. The first kappa shape index (κ1) is 13.2. The molecular formula is C17H17N5. The van der Waals surface area contributed by atoms with Gasteiger partial charge in [0.15, 0.2) is 5.82 Å². The standard InChI is InChI=1S/C17H17N5/c1-3-7-13(8-4-1)16(14-9-5-2-6-10-14)22-11-15(12-22)17-18-20-21-19-17/h1-10,15-16H,11-12H2,(H,18,19,20,21). The SMILES string of the molecule is c1ccc(C(c2ccccc2)N2CC(c3nn[nH]n3)C2)cc1. The molecular weight excluding hydrogens is 274 g/mol. The van der Waals surface area contributed by atoms with E-state index in [-0.39, 0.29) is 6.04 Å². The molecule has 0 amide bonds. The number of hydrogen-bond donors (Lipinski definition) is 1. The number of hydrogen-bond acceptors (Lipinski definition) is 4. The third-order valence-electron chi connectivity index (χ3n) is 4.23. The summed E-state index contributed by atoms with van der Waals surface area (Å²) in [6.45, 7) is 1.90. The molecule has 110 valence electrons. The van der Waals surface area contributed by atoms with Gasteiger partial charge in [-0.15, -0.1) is 10.2 Å². The first-order valence-corrected chi connectivity index (χ1v) is 7.49. The highest BCUT2D eigenvalue weighted by molar-refractivity contribution is 5.32. The number of benzene rings is 2. The lowest BCUT2D eigenvalue weighted by molar-refractivity contribution is 0.107. The molecule has 1 aliphatic heterocycles. The number of H-pyrrole nitrogens is 1. The molecule has 2 heterocycles. The lowest BCUT2D eigenvalue weighted by atomic mass is 9.90. The molecule has 0 spiro atoms. The number of nitrogens with zero attached hydrogens (tertiary/aromatic N) is 4. The second-order valence-electron chi connectivity index (χ2n) is 5.64. The van der Waals surface area contributed by atoms with Crippen LogP contribution in [0.5, 0.6) is 0 Å². The molecule has 1 saturated heterocycles. The van der Waals surface area contributed by atoms with Crippen LogP contribution >= 0.6 is 0 Å². The number of nitrogens with one attached hydrogen (secondary N) is 1. The van der Waals surface area contributed by atoms with E-state index in [9.17, 15) is 0 Å². The van der Waals surface area contributed by atoms with Gasteiger partial charge in [0.05, 0.1) is 6.04 Å². The van der Waals surface area contributed by atoms with E-state index in [2.05, 4.69) is 86.2 Å². The molecule has 1 aliphatic rings. The topological polar surface area (TPSA) is 57.7 Å². The molecule has 5 heteroatoms. The highest BCUT2D eigenvalue weighted by Crippen LogP contribution is 2.36. The van der Waals surface area contributed by atoms with Crippen LogP contribution in [0.25, 0.3) is 0 Å². The Balaban J connectivity index is 1.60. The Kier molecular flexibility index (Phi) is 3.40. The van der Waals surface area contributed by atoms with E-state index in [1.54, 1.807) is 0 Å². The van der Waals surface area contributed by atoms with Crippen LogP contribution in [0.4, 0.5) is 0 Å². The molecule has 3 aromatic rings. The second-order valence-corrected chi connectivity index (χ2v) is 5.64. The Hall–Kier alpha value is -2.53. The normalized spacial score (nSPS) is 15.9. The van der Waals surface area contributed by atoms with Gasteiger partial charge in [0.2, 0.25) is 0 Å². The monoisotopic (exact) mass is 291 g/mol. The van der Waals surface area contributed by atoms with Crippen LogP contribution in [0.2, 0.25) is 0 Å². The maximum Gasteiger partial charge on any atom is 0.180 e. The summed E-state index contributed by atoms with van der Waals surface area (Å²) >= 11 is 0. The molecule has 22 heavy (non-hydrogen) atoms. The Morgan fingerprint density at radius 2 is 1.50 bits per heavy atom. The number of aromatic amines is 1. The van der Waals surface area contributed by atoms with E-state index >= 15 is 0 Å². The van der Waals surface area contributed by atoms with Crippen LogP contribution in [-0.4, -0.2) is 38.6 Å². The van der Waals surface area contributed by atoms with Crippen molar-refractivity contribution in [3.05, 3.63) is 77.6 Å². The first-order chi connectivity index (χ1) is 10.9. The summed E-state index contributed by atoms with van der Waals surface area (Å²) in [6, 6.07) is 21.6. The van der Waals surface area contributed by atoms with E-state index in [1.807, 2.05) is 0 Å². The van der Waals surface area contributed by atoms with Crippen LogP contribution in [0.3, 0.4) is 0 Å². The molecule has 0 unspecified atom stereocenters. The summed E-state index contributed by atoms with van der Waals surface area (Å²) in [5.74, 6) is 1.18. The molecule has 0 bridgehead atoms. The number of aromatic nitrogens is 4. The van der Waals surface area contributed by atoms with E-state index < -0.39 is 0 Å². The van der Waals surface area contributed by atoms with Gasteiger partial charge in [0, 0.05) is 19.0 Å². The fourth-order valence-corrected chi connectivity index (χ4v) is 3.11. The van der Waals surface area contributed by atoms with Crippen molar-refractivity contribution < 1.29 is 0 Å². The van der Waals surface area contributed by atoms with Gasteiger partial charge < -0.3 is 0 Å². The van der Waals surface area contributed by atoms with Crippen molar-refractivity contribution in [2.45, 2.75) is 12.0 Å². The average Bonchev–Trinajstić information content (AvgIpc) is 3.06. The predicted octanol–water partition coefficient (Wildman–Crippen LogP) is 2.39. The van der Waals surface area contributed by atoms with E-state index in [0.29, 0.717) is 5.92 Å². The van der Waals surface area contributed by atoms with Crippen molar-refractivity contribution in [1.29, 1.82) is 0 Å². The molecule has 0 aliphatic carbocycles. The molecule has 1 N–H and O–H groups in total. The summed E-state index contributed by atoms with van der Waals surface area (Å²) in [4.78, 5) is 2.46. The Labute approximate surface area is 129 Å². The highest BCUT2D eigenvalue weighted by atomic mass is 15.5. The molecule has 2 aromatic carbocycles. The van der Waals surface area contributed by atoms with Gasteiger partial charge in [-0.1, -0.05) is 65.9 Å². The molecule has 1 fully saturated rings. The van der Waals surface area contributed by atoms with Crippen molar-refractivity contribution >= 4 is 0 Å². The van der Waals surface area contributed by atoms with Crippen molar-refractivity contribution in [3.63, 3.8) is 0 Å². The predicted molar refractivity (Wildman–Crippen MR) is 83.2 cm³/mol. The van der Waals surface area contributed by atoms with Crippen molar-refractivity contribution in [1.82, 2.24) is 25.5 Å². The molecule has 0 saturated carbocycles. The van der Waals surface area contributed by atoms with Crippen LogP contribution in [0.1, 0.15) is 28.9 Å². The zero-order valence-corrected chi connectivity index (χ0v) is 12.1. The lowest BCUT2D eigenvalue weighted by Crippen LogP contribution is -2.47. The molecule has 0 atom stereocenters. The fourth-order valence-electron chi connectivity index (χ4n) is 3.11. The molecule has 0 radical (unpaired) electrons. The number of rotatable bonds is 4. The van der Waals surface area contributed by atoms with Crippen molar-refractivity contribution in [2.75, 3.05) is 13.1 Å². The molecule has 1 aromatic heterocycles. The van der Waals surface area contributed by atoms with Gasteiger partial charge in [-0.25, -0.2) is 0 Å². The zero-order chi connectivity index (χ0) is 14.8. The minimum Gasteiger partial charge on any atom is -0.291 e. The highest BCUT2D eigenvalue weighted by Gasteiger charge is 2.36. The maximum absolute atomic E-state index is 4.10. The first-order valence-electron chi connectivity index (χ1n) is 7.49. The van der Waals surface area contributed by atoms with Gasteiger partial charge in [-0.05, 0) is 11.1 Å². The number of likely N-dealkylation sites (tertiary alicyclic amines) is 1. The van der Waals surface area contributed by atoms with Gasteiger partial charge in [0.25, 0.3) is 0 Å². The minimum atomic E-state index is 0.283. The van der Waals surface area contributed by atoms with Gasteiger partial charge in [-0.2, -0.15) is 5.21 Å². The van der Waals surface area contributed by atoms with Crippen LogP contribution < -0.4 is 0 Å². The van der Waals surface area contributed by atoms with Crippen LogP contribution in [-0.2, 0) is 0 Å². The minimum absolute atomic E-state index is 0.283. The quantitative estimate of drug-likeness (QED) is 0.802. The van der Waals surface area contributed by atoms with Crippen molar-refractivity contribution in [3.8, 4) is 0 Å². The third-order valence-corrected chi connectivity index (χ3v) is 4.23. The van der Waals surface area contributed by atoms with Crippen LogP contribution in [0, 0.1) is 0 Å². The van der Waals surface area contributed by atoms with Gasteiger partial charge in [-0.3, -0.25) is 4.90 Å². The zero-order valence-electron chi connectivity index (χ0n) is 12.1. The van der Waals surface area contributed by atoms with E-state index in [0.717, 1.165) is 18.9 Å². The fraction of sp³-hybridized carbons (Fsp3) is 0.235. The Morgan fingerprint density at radius 3 is 2.00 bits per heavy atom. The Morgan fingerprint density at radius 1 is 0.909 bits per heavy atom. The van der Waals surface area contributed by atoms with E-state index in [4.69, 9.17) is 0 Å². The summed E-state index contributed by atoms with van der Waals surface area (Å²) in [7, 11) is 0. The van der Waals surface area contributed by atoms with E-state index in [1.165, 1.54) is 11.1 Å². The smallest absolute Gasteiger partial charge is 0.180 e. The number of tetrazole rings is 1. The summed E-state index contributed by atoms with van der Waals surface area (Å²) in [6.07, 6.45) is 0. The average molecular weight is 291 g/mol. The molecule has 4 rings (SSSR count). The summed E-state index contributed by atoms with van der Waals surface area (Å²) in [5, 5.41) is 14.4. The maximum atomic E-state index is 4.10. The molecule has 5 nitrogen and oxygen atoms in total.